The predicted molar refractivity (Wildman–Crippen MR) is 148 cm³/mol. The van der Waals surface area contributed by atoms with Crippen molar-refractivity contribution in [1.82, 2.24) is 4.57 Å². The molecule has 3 heterocycles. The molecule has 37 heavy (non-hydrogen) atoms. The van der Waals surface area contributed by atoms with Crippen LogP contribution in [0.2, 0.25) is 0 Å². The summed E-state index contributed by atoms with van der Waals surface area (Å²) in [7, 11) is 3.76. The number of nitrogens with zero attached hydrogens (tertiary/aromatic N) is 3. The van der Waals surface area contributed by atoms with Gasteiger partial charge in [-0.1, -0.05) is 72.0 Å². The molecule has 0 saturated carbocycles. The Kier molecular flexibility index (Phi) is 6.99. The van der Waals surface area contributed by atoms with Gasteiger partial charge >= 0.3 is 5.97 Å². The lowest BCUT2D eigenvalue weighted by Crippen LogP contribution is -2.39. The average Bonchev–Trinajstić information content (AvgIpc) is 3.43. The van der Waals surface area contributed by atoms with Crippen LogP contribution in [0.1, 0.15) is 29.9 Å². The molecule has 2 aromatic carbocycles. The van der Waals surface area contributed by atoms with Gasteiger partial charge in [-0.25, -0.2) is 9.79 Å². The van der Waals surface area contributed by atoms with Crippen molar-refractivity contribution in [1.29, 1.82) is 0 Å². The second-order valence-corrected chi connectivity index (χ2v) is 10.4. The number of ether oxygens (including phenoxy) is 1. The molecule has 0 unspecified atom stereocenters. The van der Waals surface area contributed by atoms with Crippen LogP contribution in [0.15, 0.2) is 91.0 Å². The molecule has 1 atom stereocenters. The molecular weight excluding hydrogens is 554 g/mol. The Balaban J connectivity index is 1.80. The number of rotatable bonds is 6. The van der Waals surface area contributed by atoms with Crippen LogP contribution in [0.5, 0.6) is 0 Å². The Bertz CT molecular complexity index is 1670. The minimum Gasteiger partial charge on any atom is -0.463 e. The first-order valence-electron chi connectivity index (χ1n) is 11.7. The number of fused-ring (bicyclic) bond motifs is 1. The monoisotopic (exact) mass is 577 g/mol. The first-order valence-corrected chi connectivity index (χ1v) is 13.3. The molecule has 2 aromatic heterocycles. The van der Waals surface area contributed by atoms with Gasteiger partial charge in [0, 0.05) is 31.8 Å². The van der Waals surface area contributed by atoms with Crippen LogP contribution >= 0.6 is 27.3 Å². The number of aromatic nitrogens is 1. The zero-order valence-corrected chi connectivity index (χ0v) is 22.9. The molecule has 0 bridgehead atoms. The lowest BCUT2D eigenvalue weighted by Gasteiger charge is -2.25. The topological polar surface area (TPSA) is 77.0 Å². The lowest BCUT2D eigenvalue weighted by atomic mass is 9.93. The highest BCUT2D eigenvalue weighted by atomic mass is 79.9. The fraction of sp³-hybridized carbons (Fsp3) is 0.179. The van der Waals surface area contributed by atoms with Gasteiger partial charge in [-0.3, -0.25) is 9.36 Å². The van der Waals surface area contributed by atoms with E-state index in [-0.39, 0.29) is 12.2 Å². The molecule has 1 aliphatic heterocycles. The van der Waals surface area contributed by atoms with E-state index < -0.39 is 12.0 Å². The number of hydrogen-bond acceptors (Lipinski definition) is 7. The second-order valence-electron chi connectivity index (χ2n) is 8.54. The number of furan rings is 1. The van der Waals surface area contributed by atoms with Gasteiger partial charge in [0.05, 0.1) is 32.9 Å². The molecule has 1 aliphatic rings. The van der Waals surface area contributed by atoms with Crippen molar-refractivity contribution in [2.75, 3.05) is 25.6 Å². The number of thiazole rings is 1. The Labute approximate surface area is 225 Å². The van der Waals surface area contributed by atoms with Crippen molar-refractivity contribution < 1.29 is 13.9 Å². The van der Waals surface area contributed by atoms with Gasteiger partial charge in [-0.05, 0) is 28.4 Å². The number of esters is 1. The smallest absolute Gasteiger partial charge is 0.338 e. The van der Waals surface area contributed by atoms with Gasteiger partial charge in [0.15, 0.2) is 4.80 Å². The SMILES string of the molecule is CCOC(=O)C1=C(c2ccccc2)N=c2s/c(=C/c3cc(Br)c(N(C)C)o3)c(=O)n2[C@H]1c1ccccc1. The summed E-state index contributed by atoms with van der Waals surface area (Å²) in [6.45, 7) is 1.97. The van der Waals surface area contributed by atoms with Gasteiger partial charge in [0.2, 0.25) is 5.88 Å². The van der Waals surface area contributed by atoms with E-state index in [0.29, 0.717) is 32.2 Å². The van der Waals surface area contributed by atoms with Crippen molar-refractivity contribution >= 4 is 50.9 Å². The molecule has 9 heteroatoms. The zero-order chi connectivity index (χ0) is 26.1. The van der Waals surface area contributed by atoms with Crippen LogP contribution in [0.25, 0.3) is 11.8 Å². The van der Waals surface area contributed by atoms with Crippen molar-refractivity contribution in [3.8, 4) is 0 Å². The lowest BCUT2D eigenvalue weighted by molar-refractivity contribution is -0.138. The third-order valence-electron chi connectivity index (χ3n) is 5.86. The normalized spacial score (nSPS) is 15.4. The van der Waals surface area contributed by atoms with Crippen LogP contribution in [0, 0.1) is 0 Å². The van der Waals surface area contributed by atoms with Gasteiger partial charge in [-0.2, -0.15) is 0 Å². The zero-order valence-electron chi connectivity index (χ0n) is 20.5. The molecule has 0 radical (unpaired) electrons. The van der Waals surface area contributed by atoms with Gasteiger partial charge in [-0.15, -0.1) is 0 Å². The number of carbonyl (C=O) groups excluding carboxylic acids is 1. The van der Waals surface area contributed by atoms with Crippen molar-refractivity contribution in [3.05, 3.63) is 113 Å². The molecule has 4 aromatic rings. The van der Waals surface area contributed by atoms with E-state index in [1.54, 1.807) is 17.6 Å². The third-order valence-corrected chi connectivity index (χ3v) is 7.41. The molecule has 0 fully saturated rings. The molecule has 0 aliphatic carbocycles. The van der Waals surface area contributed by atoms with E-state index in [1.165, 1.54) is 11.3 Å². The van der Waals surface area contributed by atoms with Gasteiger partial charge in [0.25, 0.3) is 5.56 Å². The van der Waals surface area contributed by atoms with Crippen LogP contribution in [0.3, 0.4) is 0 Å². The van der Waals surface area contributed by atoms with Crippen LogP contribution in [0.4, 0.5) is 5.88 Å². The van der Waals surface area contributed by atoms with E-state index in [1.807, 2.05) is 85.7 Å². The summed E-state index contributed by atoms with van der Waals surface area (Å²) < 4.78 is 14.2. The maximum atomic E-state index is 13.8. The molecule has 0 amide bonds. The summed E-state index contributed by atoms with van der Waals surface area (Å²) in [6.07, 6.45) is 1.71. The molecule has 188 valence electrons. The fourth-order valence-corrected chi connectivity index (χ4v) is 5.92. The third kappa shape index (κ3) is 4.72. The summed E-state index contributed by atoms with van der Waals surface area (Å²) in [5.41, 5.74) is 2.13. The standard InChI is InChI=1S/C28H24BrN3O4S/c1-4-35-27(34)22-23(17-11-7-5-8-12-17)30-28-32(24(22)18-13-9-6-10-14-18)25(33)21(37-28)16-19-15-20(29)26(36-19)31(2)3/h5-16,24H,4H2,1-3H3/b21-16+/t24-/m0/s1. The summed E-state index contributed by atoms with van der Waals surface area (Å²) in [5.74, 6) is 0.681. The summed E-state index contributed by atoms with van der Waals surface area (Å²) >= 11 is 4.76. The number of benzene rings is 2. The van der Waals surface area contributed by atoms with Crippen LogP contribution in [-0.4, -0.2) is 31.2 Å². The fourth-order valence-electron chi connectivity index (χ4n) is 4.27. The number of halogens is 1. The highest BCUT2D eigenvalue weighted by molar-refractivity contribution is 9.10. The summed E-state index contributed by atoms with van der Waals surface area (Å²) in [4.78, 5) is 34.4. The van der Waals surface area contributed by atoms with Crippen molar-refractivity contribution in [2.45, 2.75) is 13.0 Å². The number of carbonyl (C=O) groups is 1. The Hall–Kier alpha value is -3.69. The summed E-state index contributed by atoms with van der Waals surface area (Å²) in [5, 5.41) is 0. The highest BCUT2D eigenvalue weighted by Crippen LogP contribution is 2.35. The van der Waals surface area contributed by atoms with E-state index in [4.69, 9.17) is 14.1 Å². The molecule has 0 saturated heterocycles. The Morgan fingerprint density at radius 3 is 2.46 bits per heavy atom. The first kappa shape index (κ1) is 25.0. The van der Waals surface area contributed by atoms with Crippen molar-refractivity contribution in [3.63, 3.8) is 0 Å². The molecule has 5 rings (SSSR count). The average molecular weight is 578 g/mol. The maximum Gasteiger partial charge on any atom is 0.338 e. The van der Waals surface area contributed by atoms with E-state index in [0.717, 1.165) is 15.6 Å². The molecular formula is C28H24BrN3O4S. The second kappa shape index (κ2) is 10.4. The quantitative estimate of drug-likeness (QED) is 0.318. The predicted octanol–water partition coefficient (Wildman–Crippen LogP) is 4.36. The Morgan fingerprint density at radius 2 is 1.84 bits per heavy atom. The molecule has 0 N–H and O–H groups in total. The molecule has 7 nitrogen and oxygen atoms in total. The molecule has 0 spiro atoms. The maximum absolute atomic E-state index is 13.8. The number of anilines is 1. The van der Waals surface area contributed by atoms with E-state index in [9.17, 15) is 9.59 Å². The van der Waals surface area contributed by atoms with E-state index >= 15 is 0 Å². The number of hydrogen-bond donors (Lipinski definition) is 0. The largest absolute Gasteiger partial charge is 0.463 e. The minimum atomic E-state index is -0.700. The van der Waals surface area contributed by atoms with Crippen molar-refractivity contribution in [2.24, 2.45) is 4.99 Å². The highest BCUT2D eigenvalue weighted by Gasteiger charge is 2.35. The summed E-state index contributed by atoms with van der Waals surface area (Å²) in [6, 6.07) is 20.1. The minimum absolute atomic E-state index is 0.206. The Morgan fingerprint density at radius 1 is 1.16 bits per heavy atom. The van der Waals surface area contributed by atoms with Crippen LogP contribution in [-0.2, 0) is 9.53 Å². The van der Waals surface area contributed by atoms with Gasteiger partial charge in [0.1, 0.15) is 5.76 Å². The van der Waals surface area contributed by atoms with Crippen LogP contribution < -0.4 is 19.8 Å². The van der Waals surface area contributed by atoms with E-state index in [2.05, 4.69) is 15.9 Å². The van der Waals surface area contributed by atoms with Gasteiger partial charge < -0.3 is 14.1 Å². The first-order chi connectivity index (χ1) is 17.9.